The predicted octanol–water partition coefficient (Wildman–Crippen LogP) is 3.69. The van der Waals surface area contributed by atoms with E-state index in [9.17, 15) is 27.9 Å². The molecule has 5 N–H and O–H groups in total. The Bertz CT molecular complexity index is 1580. The van der Waals surface area contributed by atoms with Crippen LogP contribution in [-0.4, -0.2) is 32.6 Å². The molecule has 7 nitrogen and oxygen atoms in total. The summed E-state index contributed by atoms with van der Waals surface area (Å²) in [6, 6.07) is 19.6. The molecule has 0 bridgehead atoms. The summed E-state index contributed by atoms with van der Waals surface area (Å²) < 4.78 is 45.7. The predicted molar refractivity (Wildman–Crippen MR) is 116 cm³/mol. The first kappa shape index (κ1) is 27.7. The SMILES string of the molecule is O.O.O=C(c1c(O)c2cc3c4ccccc4n(-c4ccccc4)c3cc2oc1=O)C(F)(F)F.[Eu]. The van der Waals surface area contributed by atoms with E-state index in [1.807, 2.05) is 59.2 Å². The van der Waals surface area contributed by atoms with E-state index in [0.29, 0.717) is 10.9 Å². The van der Waals surface area contributed by atoms with Crippen molar-refractivity contribution in [2.75, 3.05) is 0 Å². The number of ketones is 1. The zero-order valence-corrected chi connectivity index (χ0v) is 19.4. The van der Waals surface area contributed by atoms with E-state index in [1.54, 1.807) is 0 Å². The maximum absolute atomic E-state index is 12.9. The van der Waals surface area contributed by atoms with Gasteiger partial charge in [-0.25, -0.2) is 4.79 Å². The third-order valence-corrected chi connectivity index (χ3v) is 5.17. The number of aromatic hydroxyl groups is 1. The van der Waals surface area contributed by atoms with Crippen molar-refractivity contribution in [2.45, 2.75) is 6.18 Å². The van der Waals surface area contributed by atoms with Crippen LogP contribution in [0.25, 0.3) is 38.5 Å². The number of Topliss-reactive ketones (excluding diaryl/α,β-unsaturated/α-hetero) is 1. The maximum Gasteiger partial charge on any atom is 0.455 e. The summed E-state index contributed by atoms with van der Waals surface area (Å²) in [6.07, 6.45) is -5.33. The van der Waals surface area contributed by atoms with Crippen molar-refractivity contribution in [3.8, 4) is 11.4 Å². The van der Waals surface area contributed by atoms with Gasteiger partial charge in [0.05, 0.1) is 16.4 Å². The number of halogens is 3. The van der Waals surface area contributed by atoms with Gasteiger partial charge in [-0.2, -0.15) is 13.2 Å². The van der Waals surface area contributed by atoms with Gasteiger partial charge in [0.1, 0.15) is 11.3 Å². The van der Waals surface area contributed by atoms with Crippen LogP contribution in [0.15, 0.2) is 75.9 Å². The molecule has 1 radical (unpaired) electrons. The Labute approximate surface area is 229 Å². The molecule has 0 saturated heterocycles. The van der Waals surface area contributed by atoms with Gasteiger partial charge in [0, 0.05) is 71.9 Å². The Morgan fingerprint density at radius 2 is 1.47 bits per heavy atom. The minimum atomic E-state index is -5.33. The molecule has 0 amide bonds. The number of benzene rings is 3. The van der Waals surface area contributed by atoms with Crippen molar-refractivity contribution in [1.29, 1.82) is 0 Å². The second-order valence-corrected chi connectivity index (χ2v) is 6.99. The first-order chi connectivity index (χ1) is 14.8. The molecule has 0 aliphatic rings. The Kier molecular flexibility index (Phi) is 8.11. The van der Waals surface area contributed by atoms with Crippen LogP contribution in [-0.2, 0) is 0 Å². The monoisotopic (exact) mass is 612 g/mol. The largest absolute Gasteiger partial charge is 0.506 e. The molecule has 0 aliphatic heterocycles. The van der Waals surface area contributed by atoms with Gasteiger partial charge >= 0.3 is 11.8 Å². The average molecular weight is 611 g/mol. The molecule has 2 heterocycles. The van der Waals surface area contributed by atoms with E-state index in [2.05, 4.69) is 0 Å². The number of hydrogen-bond acceptors (Lipinski definition) is 4. The van der Waals surface area contributed by atoms with Gasteiger partial charge in [-0.1, -0.05) is 36.4 Å². The fourth-order valence-electron chi connectivity index (χ4n) is 3.84. The normalized spacial score (nSPS) is 11.0. The number of hydrogen-bond donors (Lipinski definition) is 1. The third-order valence-electron chi connectivity index (χ3n) is 5.17. The van der Waals surface area contributed by atoms with Crippen molar-refractivity contribution in [1.82, 2.24) is 4.57 Å². The summed E-state index contributed by atoms with van der Waals surface area (Å²) in [6.45, 7) is 0. The van der Waals surface area contributed by atoms with E-state index in [1.165, 1.54) is 12.1 Å². The van der Waals surface area contributed by atoms with Crippen molar-refractivity contribution in [3.05, 3.63) is 82.7 Å². The molecule has 0 fully saturated rings. The number of fused-ring (bicyclic) bond motifs is 4. The third kappa shape index (κ3) is 4.30. The Morgan fingerprint density at radius 1 is 0.853 bits per heavy atom. The van der Waals surface area contributed by atoms with Crippen LogP contribution in [0.3, 0.4) is 0 Å². The standard InChI is InChI=1S/C23H12F3NO4.Eu.2H2O/c24-23(25,26)21(29)19-20(28)15-10-14-13-8-4-5-9-16(13)27(12-6-2-1-3-7-12)17(14)11-18(15)31-22(19)30;;;/h1-11,28H;;2*1H2. The van der Waals surface area contributed by atoms with Gasteiger partial charge in [0.15, 0.2) is 5.56 Å². The summed E-state index contributed by atoms with van der Waals surface area (Å²) in [5.41, 5.74) is -0.845. The Balaban J connectivity index is 0.00000136. The maximum atomic E-state index is 12.9. The number of carbonyl (C=O) groups is 1. The number of aromatic nitrogens is 1. The van der Waals surface area contributed by atoms with Gasteiger partial charge in [-0.3, -0.25) is 4.79 Å². The van der Waals surface area contributed by atoms with Crippen LogP contribution < -0.4 is 5.63 Å². The quantitative estimate of drug-likeness (QED) is 0.241. The minimum absolute atomic E-state index is 0. The molecule has 0 unspecified atom stereocenters. The van der Waals surface area contributed by atoms with Gasteiger partial charge in [-0.05, 0) is 24.3 Å². The molecule has 0 atom stereocenters. The number of rotatable bonds is 2. The van der Waals surface area contributed by atoms with Crippen LogP contribution in [0.1, 0.15) is 10.4 Å². The molecule has 5 rings (SSSR count). The van der Waals surface area contributed by atoms with E-state index < -0.39 is 28.9 Å². The molecule has 0 aliphatic carbocycles. The fourth-order valence-corrected chi connectivity index (χ4v) is 3.84. The van der Waals surface area contributed by atoms with Crippen molar-refractivity contribution in [3.63, 3.8) is 0 Å². The second-order valence-electron chi connectivity index (χ2n) is 6.99. The van der Waals surface area contributed by atoms with Crippen LogP contribution in [0.4, 0.5) is 13.2 Å². The van der Waals surface area contributed by atoms with E-state index in [4.69, 9.17) is 4.42 Å². The van der Waals surface area contributed by atoms with Crippen molar-refractivity contribution in [2.24, 2.45) is 0 Å². The van der Waals surface area contributed by atoms with Gasteiger partial charge in [0.2, 0.25) is 0 Å². The molecule has 5 aromatic rings. The molecule has 177 valence electrons. The Hall–Kier alpha value is -2.57. The van der Waals surface area contributed by atoms with E-state index in [0.717, 1.165) is 16.6 Å². The van der Waals surface area contributed by atoms with Gasteiger partial charge in [0.25, 0.3) is 5.78 Å². The molecular weight excluding hydrogens is 595 g/mol. The van der Waals surface area contributed by atoms with Crippen LogP contribution >= 0.6 is 0 Å². The Morgan fingerprint density at radius 3 is 2.12 bits per heavy atom. The topological polar surface area (TPSA) is 135 Å². The summed E-state index contributed by atoms with van der Waals surface area (Å²) in [4.78, 5) is 23.8. The van der Waals surface area contributed by atoms with Gasteiger partial charge < -0.3 is 25.0 Å². The number of nitrogens with zero attached hydrogens (tertiary/aromatic N) is 1. The number of alkyl halides is 3. The molecule has 2 aromatic heterocycles. The van der Waals surface area contributed by atoms with E-state index >= 15 is 0 Å². The first-order valence-corrected chi connectivity index (χ1v) is 9.17. The summed E-state index contributed by atoms with van der Waals surface area (Å²) in [7, 11) is 0. The zero-order valence-electron chi connectivity index (χ0n) is 17.0. The molecule has 11 heteroatoms. The second kappa shape index (κ2) is 9.97. The zero-order chi connectivity index (χ0) is 21.9. The van der Waals surface area contributed by atoms with Crippen LogP contribution in [0.5, 0.6) is 5.75 Å². The van der Waals surface area contributed by atoms with Gasteiger partial charge in [-0.15, -0.1) is 0 Å². The molecule has 0 saturated carbocycles. The smallest absolute Gasteiger partial charge is 0.455 e. The van der Waals surface area contributed by atoms with Crippen LogP contribution in [0, 0.1) is 49.4 Å². The molecule has 3 aromatic carbocycles. The number of para-hydroxylation sites is 2. The van der Waals surface area contributed by atoms with Crippen molar-refractivity contribution >= 4 is 38.6 Å². The number of carbonyl (C=O) groups excluding carboxylic acids is 1. The molecule has 0 spiro atoms. The minimum Gasteiger partial charge on any atom is -0.506 e. The summed E-state index contributed by atoms with van der Waals surface area (Å²) >= 11 is 0. The molecule has 34 heavy (non-hydrogen) atoms. The molecular formula is C23H16EuF3NO6. The van der Waals surface area contributed by atoms with Crippen molar-refractivity contribution < 1.29 is 87.8 Å². The average Bonchev–Trinajstić information content (AvgIpc) is 3.06. The summed E-state index contributed by atoms with van der Waals surface area (Å²) in [5.74, 6) is -3.50. The van der Waals surface area contributed by atoms with E-state index in [-0.39, 0.29) is 71.3 Å². The van der Waals surface area contributed by atoms with Crippen LogP contribution in [0.2, 0.25) is 0 Å². The first-order valence-electron chi connectivity index (χ1n) is 9.17. The summed E-state index contributed by atoms with van der Waals surface area (Å²) in [5, 5.41) is 11.7. The fraction of sp³-hybridized carbons (Fsp3) is 0.0435.